The molecule has 0 saturated heterocycles. The number of carbonyl (C=O) groups excluding carboxylic acids is 4. The number of fused-ring (bicyclic) bond motifs is 1. The molecule has 4 amide bonds. The lowest BCUT2D eigenvalue weighted by Gasteiger charge is -2.22. The van der Waals surface area contributed by atoms with Gasteiger partial charge in [-0.2, -0.15) is 0 Å². The Morgan fingerprint density at radius 3 is 2.12 bits per heavy atom. The van der Waals surface area contributed by atoms with Gasteiger partial charge >= 0.3 is 0 Å². The van der Waals surface area contributed by atoms with Crippen LogP contribution in [0.1, 0.15) is 38.5 Å². The monoisotopic (exact) mass is 705 g/mol. The van der Waals surface area contributed by atoms with Crippen LogP contribution in [0.4, 0.5) is 0 Å². The van der Waals surface area contributed by atoms with Gasteiger partial charge in [0.2, 0.25) is 33.7 Å². The van der Waals surface area contributed by atoms with Crippen LogP contribution in [0.2, 0.25) is 0 Å². The minimum absolute atomic E-state index is 0.00480. The van der Waals surface area contributed by atoms with Gasteiger partial charge in [0.1, 0.15) is 12.1 Å². The lowest BCUT2D eigenvalue weighted by atomic mass is 10.1. The summed E-state index contributed by atoms with van der Waals surface area (Å²) in [5.74, 6) is -2.38. The maximum Gasteiger partial charge on any atom is 0.243 e. The molecule has 20 heteroatoms. The zero-order valence-electron chi connectivity index (χ0n) is 27.2. The highest BCUT2D eigenvalue weighted by Crippen LogP contribution is 2.21. The van der Waals surface area contributed by atoms with Crippen molar-refractivity contribution in [2.75, 3.05) is 39.3 Å². The topological polar surface area (TPSA) is 330 Å². The zero-order valence-corrected chi connectivity index (χ0v) is 28.0. The zero-order chi connectivity index (χ0) is 36.2. The average molecular weight is 706 g/mol. The van der Waals surface area contributed by atoms with E-state index < -0.39 is 39.8 Å². The van der Waals surface area contributed by atoms with E-state index in [1.807, 2.05) is 0 Å². The standard InChI is InChI=1S/C29H47N13O6S/c30-26(45)21(6-2-12-38-28(31)32)42-27(46)22(7-3-13-39-29(33)34)41-24(43)9-4-11-37-25(44)18-36-15-16-40-49(47,48)23-8-1-5-19-17-35-14-10-20(19)23/h1,5,8,10,14,17,21-22,36,40H,2-4,6-7,9,11-13,15-16,18H2,(H2,30,45)(H,37,44)(H,41,43)(H,42,46)(H4,31,32,38)(H4,33,34,39)/t21-,22-/m1/s1. The number of guanidine groups is 2. The summed E-state index contributed by atoms with van der Waals surface area (Å²) >= 11 is 0. The third-order valence-electron chi connectivity index (χ3n) is 6.91. The van der Waals surface area contributed by atoms with Gasteiger partial charge in [-0.05, 0) is 44.2 Å². The Labute approximate surface area is 284 Å². The highest BCUT2D eigenvalue weighted by molar-refractivity contribution is 7.89. The van der Waals surface area contributed by atoms with Gasteiger partial charge in [0.15, 0.2) is 11.9 Å². The van der Waals surface area contributed by atoms with Crippen LogP contribution < -0.4 is 54.7 Å². The second-order valence-electron chi connectivity index (χ2n) is 10.9. The summed E-state index contributed by atoms with van der Waals surface area (Å²) in [4.78, 5) is 61.7. The van der Waals surface area contributed by atoms with Crippen molar-refractivity contribution in [2.45, 2.75) is 55.5 Å². The molecule has 15 N–H and O–H groups in total. The Morgan fingerprint density at radius 1 is 0.796 bits per heavy atom. The number of amides is 4. The molecule has 0 fully saturated rings. The number of primary amides is 1. The van der Waals surface area contributed by atoms with Crippen molar-refractivity contribution < 1.29 is 27.6 Å². The highest BCUT2D eigenvalue weighted by atomic mass is 32.2. The van der Waals surface area contributed by atoms with Crippen LogP contribution in [0.5, 0.6) is 0 Å². The molecule has 0 radical (unpaired) electrons. The van der Waals surface area contributed by atoms with E-state index in [1.54, 1.807) is 24.4 Å². The SMILES string of the molecule is NC(=O)[C@@H](CCCN=C(N)N)NC(=O)[C@@H](CCCN=C(N)N)NC(=O)CCCNC(=O)CNCCNS(=O)(=O)c1cccc2cnccc12. The average Bonchev–Trinajstić information content (AvgIpc) is 3.04. The molecule has 2 rings (SSSR count). The molecule has 1 aromatic carbocycles. The van der Waals surface area contributed by atoms with E-state index in [2.05, 4.69) is 41.0 Å². The number of nitrogens with two attached hydrogens (primary N) is 5. The first-order chi connectivity index (χ1) is 23.3. The molecular weight excluding hydrogens is 658 g/mol. The molecule has 0 aliphatic rings. The molecule has 0 bridgehead atoms. The molecule has 270 valence electrons. The molecule has 0 aliphatic carbocycles. The molecule has 0 spiro atoms. The molecule has 1 heterocycles. The van der Waals surface area contributed by atoms with Gasteiger partial charge in [0.25, 0.3) is 0 Å². The minimum atomic E-state index is -3.78. The summed E-state index contributed by atoms with van der Waals surface area (Å²) < 4.78 is 28.1. The smallest absolute Gasteiger partial charge is 0.243 e. The van der Waals surface area contributed by atoms with E-state index in [0.29, 0.717) is 23.6 Å². The Kier molecular flexibility index (Phi) is 17.2. The largest absolute Gasteiger partial charge is 0.370 e. The normalized spacial score (nSPS) is 12.3. The number of rotatable bonds is 23. The predicted octanol–water partition coefficient (Wildman–Crippen LogP) is -3.44. The van der Waals surface area contributed by atoms with Gasteiger partial charge in [-0.25, -0.2) is 13.1 Å². The van der Waals surface area contributed by atoms with Crippen molar-refractivity contribution >= 4 is 56.3 Å². The first kappa shape index (κ1) is 40.1. The third kappa shape index (κ3) is 15.6. The van der Waals surface area contributed by atoms with Gasteiger partial charge in [0.05, 0.1) is 11.4 Å². The summed E-state index contributed by atoms with van der Waals surface area (Å²) in [5, 5.41) is 12.0. The summed E-state index contributed by atoms with van der Waals surface area (Å²) in [6, 6.07) is 4.54. The van der Waals surface area contributed by atoms with E-state index in [0.717, 1.165) is 0 Å². The number of carbonyl (C=O) groups is 4. The quantitative estimate of drug-likeness (QED) is 0.0307. The van der Waals surface area contributed by atoms with Crippen LogP contribution >= 0.6 is 0 Å². The lowest BCUT2D eigenvalue weighted by molar-refractivity contribution is -0.131. The molecule has 2 atom stereocenters. The second kappa shape index (κ2) is 21.0. The highest BCUT2D eigenvalue weighted by Gasteiger charge is 2.25. The van der Waals surface area contributed by atoms with Crippen LogP contribution in [-0.4, -0.2) is 100 Å². The maximum atomic E-state index is 13.0. The Morgan fingerprint density at radius 2 is 1.47 bits per heavy atom. The first-order valence-electron chi connectivity index (χ1n) is 15.6. The van der Waals surface area contributed by atoms with Gasteiger partial charge in [-0.1, -0.05) is 12.1 Å². The lowest BCUT2D eigenvalue weighted by Crippen LogP contribution is -2.53. The summed E-state index contributed by atoms with van der Waals surface area (Å²) in [6.07, 6.45) is 4.45. The fourth-order valence-electron chi connectivity index (χ4n) is 4.52. The van der Waals surface area contributed by atoms with Gasteiger partial charge < -0.3 is 49.9 Å². The number of aliphatic imine (C=N–C) groups is 2. The number of nitrogens with zero attached hydrogens (tertiary/aromatic N) is 3. The first-order valence-corrected chi connectivity index (χ1v) is 17.1. The molecule has 19 nitrogen and oxygen atoms in total. The molecular formula is C29H47N13O6S. The summed E-state index contributed by atoms with van der Waals surface area (Å²) in [6.45, 7) is 0.806. The number of nitrogens with one attached hydrogen (secondary N) is 5. The van der Waals surface area contributed by atoms with E-state index in [-0.39, 0.29) is 87.7 Å². The number of aromatic nitrogens is 1. The molecule has 0 unspecified atom stereocenters. The number of hydrogen-bond acceptors (Lipinski definition) is 10. The van der Waals surface area contributed by atoms with E-state index in [4.69, 9.17) is 28.7 Å². The molecule has 2 aromatic rings. The third-order valence-corrected chi connectivity index (χ3v) is 8.43. The van der Waals surface area contributed by atoms with E-state index in [9.17, 15) is 27.6 Å². The van der Waals surface area contributed by atoms with Gasteiger partial charge in [-0.15, -0.1) is 0 Å². The summed E-state index contributed by atoms with van der Waals surface area (Å²) in [7, 11) is -3.78. The van der Waals surface area contributed by atoms with Gasteiger partial charge in [-0.3, -0.25) is 34.1 Å². The molecule has 1 aromatic heterocycles. The number of pyridine rings is 1. The van der Waals surface area contributed by atoms with Crippen molar-refractivity contribution in [3.8, 4) is 0 Å². The van der Waals surface area contributed by atoms with Crippen LogP contribution in [0.25, 0.3) is 10.8 Å². The number of sulfonamides is 1. The predicted molar refractivity (Wildman–Crippen MR) is 185 cm³/mol. The second-order valence-corrected chi connectivity index (χ2v) is 12.6. The number of benzene rings is 1. The van der Waals surface area contributed by atoms with Crippen molar-refractivity contribution in [1.29, 1.82) is 0 Å². The molecule has 0 aliphatic heterocycles. The maximum absolute atomic E-state index is 13.0. The Bertz CT molecular complexity index is 1570. The molecule has 0 saturated carbocycles. The van der Waals surface area contributed by atoms with Crippen molar-refractivity contribution in [3.05, 3.63) is 36.7 Å². The summed E-state index contributed by atoms with van der Waals surface area (Å²) in [5.41, 5.74) is 26.7. The van der Waals surface area contributed by atoms with Crippen molar-refractivity contribution in [2.24, 2.45) is 38.7 Å². The molecule has 49 heavy (non-hydrogen) atoms. The van der Waals surface area contributed by atoms with Crippen LogP contribution in [0.15, 0.2) is 51.5 Å². The number of hydrogen-bond donors (Lipinski definition) is 10. The van der Waals surface area contributed by atoms with E-state index >= 15 is 0 Å². The Hall–Kier alpha value is -5.08. The Balaban J connectivity index is 1.75. The van der Waals surface area contributed by atoms with Gasteiger partial charge in [0, 0.05) is 62.3 Å². The van der Waals surface area contributed by atoms with Crippen molar-refractivity contribution in [1.82, 2.24) is 31.0 Å². The minimum Gasteiger partial charge on any atom is -0.370 e. The van der Waals surface area contributed by atoms with Crippen LogP contribution in [-0.2, 0) is 29.2 Å². The van der Waals surface area contributed by atoms with Crippen LogP contribution in [0.3, 0.4) is 0 Å². The van der Waals surface area contributed by atoms with Crippen molar-refractivity contribution in [3.63, 3.8) is 0 Å². The van der Waals surface area contributed by atoms with E-state index in [1.165, 1.54) is 12.3 Å². The fraction of sp³-hybridized carbons (Fsp3) is 0.483. The fourth-order valence-corrected chi connectivity index (χ4v) is 5.78. The van der Waals surface area contributed by atoms with Crippen LogP contribution in [0, 0.1) is 0 Å².